The number of rotatable bonds is 5. The summed E-state index contributed by atoms with van der Waals surface area (Å²) in [6.45, 7) is 6.32. The fourth-order valence-corrected chi connectivity index (χ4v) is 4.35. The number of hydrogen-bond donors (Lipinski definition) is 1. The minimum Gasteiger partial charge on any atom is -0.383 e. The normalized spacial score (nSPS) is 19.3. The van der Waals surface area contributed by atoms with Gasteiger partial charge in [0, 0.05) is 58.6 Å². The molecule has 2 aromatic carbocycles. The maximum atomic E-state index is 12.8. The van der Waals surface area contributed by atoms with Gasteiger partial charge >= 0.3 is 6.03 Å². The Bertz CT molecular complexity index is 814. The molecule has 0 aromatic heterocycles. The minimum atomic E-state index is -0.0149. The predicted molar refractivity (Wildman–Crippen MR) is 115 cm³/mol. The van der Waals surface area contributed by atoms with Gasteiger partial charge in [0.15, 0.2) is 0 Å². The van der Waals surface area contributed by atoms with E-state index in [0.29, 0.717) is 19.7 Å². The van der Waals surface area contributed by atoms with E-state index in [2.05, 4.69) is 69.7 Å². The topological polar surface area (TPSA) is 48.1 Å². The molecule has 2 amide bonds. The highest BCUT2D eigenvalue weighted by molar-refractivity contribution is 5.75. The van der Waals surface area contributed by atoms with Crippen LogP contribution in [-0.4, -0.2) is 68.3 Å². The molecular formula is C23H30N4O2. The van der Waals surface area contributed by atoms with Gasteiger partial charge in [0.1, 0.15) is 0 Å². The smallest absolute Gasteiger partial charge is 0.317 e. The van der Waals surface area contributed by atoms with Gasteiger partial charge in [-0.15, -0.1) is 0 Å². The first-order chi connectivity index (χ1) is 14.2. The minimum absolute atomic E-state index is 0.0149. The third-order valence-corrected chi connectivity index (χ3v) is 5.78. The lowest BCUT2D eigenvalue weighted by Gasteiger charge is -2.43. The molecule has 2 aliphatic heterocycles. The summed E-state index contributed by atoms with van der Waals surface area (Å²) in [5, 5.41) is 2.99. The number of ether oxygens (including phenoxy) is 1. The molecule has 1 atom stereocenters. The molecule has 1 saturated heterocycles. The van der Waals surface area contributed by atoms with E-state index < -0.39 is 0 Å². The number of hydrogen-bond acceptors (Lipinski definition) is 4. The van der Waals surface area contributed by atoms with E-state index in [1.165, 1.54) is 16.8 Å². The number of anilines is 1. The van der Waals surface area contributed by atoms with E-state index in [1.54, 1.807) is 7.11 Å². The number of nitrogens with zero attached hydrogens (tertiary/aromatic N) is 3. The monoisotopic (exact) mass is 394 g/mol. The molecule has 0 aliphatic carbocycles. The first-order valence-corrected chi connectivity index (χ1v) is 10.4. The fraction of sp³-hybridized carbons (Fsp3) is 0.435. The van der Waals surface area contributed by atoms with Crippen molar-refractivity contribution in [1.29, 1.82) is 0 Å². The lowest BCUT2D eigenvalue weighted by Crippen LogP contribution is -2.57. The molecule has 1 fully saturated rings. The Morgan fingerprint density at radius 2 is 1.86 bits per heavy atom. The molecule has 2 aromatic rings. The molecule has 154 valence electrons. The molecule has 0 bridgehead atoms. The first kappa shape index (κ1) is 19.7. The summed E-state index contributed by atoms with van der Waals surface area (Å²) in [6.07, 6.45) is 0. The number of benzene rings is 2. The van der Waals surface area contributed by atoms with Crippen LogP contribution in [0.3, 0.4) is 0 Å². The molecular weight excluding hydrogens is 364 g/mol. The molecule has 4 rings (SSSR count). The second kappa shape index (κ2) is 9.29. The van der Waals surface area contributed by atoms with Crippen LogP contribution < -0.4 is 10.2 Å². The van der Waals surface area contributed by atoms with Crippen LogP contribution in [0, 0.1) is 0 Å². The SMILES string of the molecule is COCCNC(=O)N1Cc2ccccc2N2CCN(Cc3ccccc3)CC2C1. The molecule has 6 nitrogen and oxygen atoms in total. The Morgan fingerprint density at radius 3 is 2.69 bits per heavy atom. The van der Waals surface area contributed by atoms with Crippen LogP contribution in [0.15, 0.2) is 54.6 Å². The van der Waals surface area contributed by atoms with Gasteiger partial charge in [0.25, 0.3) is 0 Å². The zero-order valence-corrected chi connectivity index (χ0v) is 17.1. The van der Waals surface area contributed by atoms with Crippen LogP contribution in [-0.2, 0) is 17.8 Å². The number of carbonyl (C=O) groups is 1. The predicted octanol–water partition coefficient (Wildman–Crippen LogP) is 2.55. The van der Waals surface area contributed by atoms with E-state index in [9.17, 15) is 4.79 Å². The van der Waals surface area contributed by atoms with Crippen molar-refractivity contribution < 1.29 is 9.53 Å². The average molecular weight is 395 g/mol. The van der Waals surface area contributed by atoms with Crippen LogP contribution in [0.4, 0.5) is 10.5 Å². The Balaban J connectivity index is 1.51. The van der Waals surface area contributed by atoms with Gasteiger partial charge in [0.2, 0.25) is 0 Å². The van der Waals surface area contributed by atoms with Crippen molar-refractivity contribution in [2.75, 3.05) is 51.3 Å². The van der Waals surface area contributed by atoms with E-state index in [1.807, 2.05) is 4.90 Å². The third-order valence-electron chi connectivity index (χ3n) is 5.78. The van der Waals surface area contributed by atoms with Gasteiger partial charge in [-0.25, -0.2) is 4.79 Å². The maximum absolute atomic E-state index is 12.8. The lowest BCUT2D eigenvalue weighted by molar-refractivity contribution is 0.162. The van der Waals surface area contributed by atoms with Crippen molar-refractivity contribution >= 4 is 11.7 Å². The number of carbonyl (C=O) groups excluding carboxylic acids is 1. The summed E-state index contributed by atoms with van der Waals surface area (Å²) in [6, 6.07) is 19.4. The Kier molecular flexibility index (Phi) is 6.32. The molecule has 0 spiro atoms. The lowest BCUT2D eigenvalue weighted by atomic mass is 10.1. The summed E-state index contributed by atoms with van der Waals surface area (Å²) in [7, 11) is 1.65. The molecule has 1 unspecified atom stereocenters. The molecule has 6 heteroatoms. The Morgan fingerprint density at radius 1 is 1.07 bits per heavy atom. The van der Waals surface area contributed by atoms with Crippen LogP contribution in [0.5, 0.6) is 0 Å². The number of methoxy groups -OCH3 is 1. The quantitative estimate of drug-likeness (QED) is 0.792. The average Bonchev–Trinajstić information content (AvgIpc) is 2.91. The van der Waals surface area contributed by atoms with Crippen LogP contribution in [0.1, 0.15) is 11.1 Å². The molecule has 0 saturated carbocycles. The molecule has 1 N–H and O–H groups in total. The number of amides is 2. The highest BCUT2D eigenvalue weighted by Crippen LogP contribution is 2.30. The van der Waals surface area contributed by atoms with Gasteiger partial charge in [-0.05, 0) is 17.2 Å². The van der Waals surface area contributed by atoms with Crippen LogP contribution in [0.25, 0.3) is 0 Å². The number of urea groups is 1. The first-order valence-electron chi connectivity index (χ1n) is 10.4. The van der Waals surface area contributed by atoms with Gasteiger partial charge in [-0.3, -0.25) is 4.90 Å². The number of nitrogens with one attached hydrogen (secondary N) is 1. The molecule has 0 radical (unpaired) electrons. The van der Waals surface area contributed by atoms with Crippen molar-refractivity contribution in [3.63, 3.8) is 0 Å². The summed E-state index contributed by atoms with van der Waals surface area (Å²) < 4.78 is 5.07. The Labute approximate surface area is 173 Å². The fourth-order valence-electron chi connectivity index (χ4n) is 4.35. The van der Waals surface area contributed by atoms with Gasteiger partial charge in [-0.2, -0.15) is 0 Å². The molecule has 29 heavy (non-hydrogen) atoms. The zero-order valence-electron chi connectivity index (χ0n) is 17.1. The highest BCUT2D eigenvalue weighted by atomic mass is 16.5. The van der Waals surface area contributed by atoms with Crippen LogP contribution >= 0.6 is 0 Å². The second-order valence-corrected chi connectivity index (χ2v) is 7.80. The van der Waals surface area contributed by atoms with E-state index >= 15 is 0 Å². The van der Waals surface area contributed by atoms with Crippen molar-refractivity contribution in [1.82, 2.24) is 15.1 Å². The Hall–Kier alpha value is -2.57. The standard InChI is InChI=1S/C23H30N4O2/c1-29-14-11-24-23(28)26-16-20-9-5-6-10-22(20)27-13-12-25(17-21(27)18-26)15-19-7-3-2-4-8-19/h2-10,21H,11-18H2,1H3,(H,24,28). The van der Waals surface area contributed by atoms with Crippen molar-refractivity contribution in [3.8, 4) is 0 Å². The number of para-hydroxylation sites is 1. The van der Waals surface area contributed by atoms with Gasteiger partial charge in [-0.1, -0.05) is 48.5 Å². The van der Waals surface area contributed by atoms with E-state index in [0.717, 1.165) is 32.7 Å². The number of piperazine rings is 1. The third kappa shape index (κ3) is 4.71. The summed E-state index contributed by atoms with van der Waals surface area (Å²) in [5.74, 6) is 0. The summed E-state index contributed by atoms with van der Waals surface area (Å²) >= 11 is 0. The molecule has 2 heterocycles. The van der Waals surface area contributed by atoms with Crippen molar-refractivity contribution in [2.45, 2.75) is 19.1 Å². The zero-order chi connectivity index (χ0) is 20.1. The number of fused-ring (bicyclic) bond motifs is 3. The second-order valence-electron chi connectivity index (χ2n) is 7.80. The largest absolute Gasteiger partial charge is 0.383 e. The van der Waals surface area contributed by atoms with E-state index in [4.69, 9.17) is 4.74 Å². The summed E-state index contributed by atoms with van der Waals surface area (Å²) in [4.78, 5) is 19.8. The summed E-state index contributed by atoms with van der Waals surface area (Å²) in [5.41, 5.74) is 3.82. The van der Waals surface area contributed by atoms with Gasteiger partial charge in [0.05, 0.1) is 12.6 Å². The van der Waals surface area contributed by atoms with Crippen molar-refractivity contribution in [3.05, 3.63) is 65.7 Å². The van der Waals surface area contributed by atoms with Crippen LogP contribution in [0.2, 0.25) is 0 Å². The van der Waals surface area contributed by atoms with Crippen molar-refractivity contribution in [2.24, 2.45) is 0 Å². The maximum Gasteiger partial charge on any atom is 0.317 e. The van der Waals surface area contributed by atoms with E-state index in [-0.39, 0.29) is 12.1 Å². The molecule has 2 aliphatic rings. The van der Waals surface area contributed by atoms with Gasteiger partial charge < -0.3 is 19.9 Å². The highest BCUT2D eigenvalue weighted by Gasteiger charge is 2.34.